The maximum Gasteiger partial charge on any atom is 0.229 e. The highest BCUT2D eigenvalue weighted by Gasteiger charge is 2.20. The zero-order valence-electron chi connectivity index (χ0n) is 21.9. The van der Waals surface area contributed by atoms with Gasteiger partial charge in [0.1, 0.15) is 0 Å². The van der Waals surface area contributed by atoms with Crippen LogP contribution in [0, 0.1) is 0 Å². The molecular formula is C27H44N4O4. The van der Waals surface area contributed by atoms with Gasteiger partial charge in [-0.2, -0.15) is 0 Å². The summed E-state index contributed by atoms with van der Waals surface area (Å²) in [5, 5.41) is 5.50. The van der Waals surface area contributed by atoms with Crippen LogP contribution in [0.25, 0.3) is 0 Å². The van der Waals surface area contributed by atoms with Crippen LogP contribution in [-0.4, -0.2) is 53.4 Å². The lowest BCUT2D eigenvalue weighted by Crippen LogP contribution is -2.51. The molecule has 0 atom stereocenters. The summed E-state index contributed by atoms with van der Waals surface area (Å²) in [5.41, 5.74) is 0. The maximum atomic E-state index is 12.9. The van der Waals surface area contributed by atoms with Gasteiger partial charge in [0.2, 0.25) is 23.6 Å². The molecule has 0 heterocycles. The summed E-state index contributed by atoms with van der Waals surface area (Å²) < 4.78 is 0. The molecule has 0 aromatic carbocycles. The Morgan fingerprint density at radius 2 is 0.829 bits per heavy atom. The van der Waals surface area contributed by atoms with E-state index < -0.39 is 0 Å². The summed E-state index contributed by atoms with van der Waals surface area (Å²) in [6.07, 6.45) is 18.8. The van der Waals surface area contributed by atoms with Crippen molar-refractivity contribution >= 4 is 23.6 Å². The molecule has 0 aromatic heterocycles. The molecule has 0 bridgehead atoms. The van der Waals surface area contributed by atoms with Gasteiger partial charge in [0, 0.05) is 25.7 Å². The molecule has 2 N–H and O–H groups in total. The first kappa shape index (κ1) is 31.8. The number of rotatable bonds is 18. The minimum absolute atomic E-state index is 0.0284. The Labute approximate surface area is 211 Å². The van der Waals surface area contributed by atoms with Crippen molar-refractivity contribution in [2.45, 2.75) is 79.1 Å². The molecule has 0 fully saturated rings. The number of carbonyl (C=O) groups excluding carboxylic acids is 4. The molecule has 0 radical (unpaired) electrons. The van der Waals surface area contributed by atoms with E-state index in [2.05, 4.69) is 10.6 Å². The summed E-state index contributed by atoms with van der Waals surface area (Å²) in [6, 6.07) is 0. The Kier molecular flexibility index (Phi) is 19.4. The fourth-order valence-corrected chi connectivity index (χ4v) is 2.83. The van der Waals surface area contributed by atoms with Crippen molar-refractivity contribution < 1.29 is 19.2 Å². The van der Waals surface area contributed by atoms with E-state index in [0.717, 1.165) is 25.7 Å². The van der Waals surface area contributed by atoms with Crippen molar-refractivity contribution in [3.8, 4) is 0 Å². The number of nitrogens with one attached hydrogen (secondary N) is 2. The van der Waals surface area contributed by atoms with Crippen molar-refractivity contribution in [1.82, 2.24) is 20.4 Å². The van der Waals surface area contributed by atoms with Crippen molar-refractivity contribution in [3.05, 3.63) is 48.6 Å². The normalized spacial score (nSPS) is 11.5. The number of hydrogen-bond acceptors (Lipinski definition) is 4. The van der Waals surface area contributed by atoms with Gasteiger partial charge in [0.05, 0.1) is 20.0 Å². The Bertz CT molecular complexity index is 694. The van der Waals surface area contributed by atoms with Gasteiger partial charge in [-0.25, -0.2) is 0 Å². The third-order valence-electron chi connectivity index (χ3n) is 4.78. The highest BCUT2D eigenvalue weighted by Crippen LogP contribution is 2.03. The van der Waals surface area contributed by atoms with Crippen LogP contribution in [0.2, 0.25) is 0 Å². The van der Waals surface area contributed by atoms with Gasteiger partial charge < -0.3 is 20.4 Å². The van der Waals surface area contributed by atoms with Gasteiger partial charge in [-0.05, 0) is 25.7 Å². The maximum absolute atomic E-state index is 12.9. The first-order chi connectivity index (χ1) is 16.9. The molecule has 35 heavy (non-hydrogen) atoms. The molecule has 0 aliphatic carbocycles. The van der Waals surface area contributed by atoms with Crippen LogP contribution in [-0.2, 0) is 19.2 Å². The van der Waals surface area contributed by atoms with Crippen LogP contribution < -0.4 is 10.6 Å². The molecular weight excluding hydrogens is 444 g/mol. The first-order valence-corrected chi connectivity index (χ1v) is 12.6. The van der Waals surface area contributed by atoms with E-state index in [4.69, 9.17) is 0 Å². The van der Waals surface area contributed by atoms with Crippen LogP contribution in [0.1, 0.15) is 79.1 Å². The van der Waals surface area contributed by atoms with E-state index in [-0.39, 0.29) is 69.3 Å². The van der Waals surface area contributed by atoms with Crippen LogP contribution in [0.15, 0.2) is 48.6 Å². The Morgan fingerprint density at radius 1 is 0.514 bits per heavy atom. The van der Waals surface area contributed by atoms with Crippen LogP contribution in [0.4, 0.5) is 0 Å². The third kappa shape index (κ3) is 17.0. The topological polar surface area (TPSA) is 98.8 Å². The molecule has 0 saturated heterocycles. The summed E-state index contributed by atoms with van der Waals surface area (Å²) >= 11 is 0. The third-order valence-corrected chi connectivity index (χ3v) is 4.78. The minimum atomic E-state index is -0.224. The van der Waals surface area contributed by atoms with Gasteiger partial charge in [-0.1, -0.05) is 76.3 Å². The monoisotopic (exact) mass is 488 g/mol. The average molecular weight is 489 g/mol. The van der Waals surface area contributed by atoms with Crippen LogP contribution >= 0.6 is 0 Å². The molecule has 0 spiro atoms. The van der Waals surface area contributed by atoms with Crippen LogP contribution in [0.5, 0.6) is 0 Å². The molecule has 0 saturated carbocycles. The summed E-state index contributed by atoms with van der Waals surface area (Å²) in [6.45, 7) is 7.82. The molecule has 4 amide bonds. The summed E-state index contributed by atoms with van der Waals surface area (Å²) in [4.78, 5) is 53.0. The second-order valence-electron chi connectivity index (χ2n) is 7.86. The van der Waals surface area contributed by atoms with Crippen molar-refractivity contribution in [2.24, 2.45) is 0 Å². The number of allylic oxidation sites excluding steroid dienone is 4. The molecule has 0 aromatic rings. The van der Waals surface area contributed by atoms with Gasteiger partial charge in [-0.15, -0.1) is 0 Å². The quantitative estimate of drug-likeness (QED) is 0.223. The van der Waals surface area contributed by atoms with Gasteiger partial charge in [0.25, 0.3) is 0 Å². The Hall–Kier alpha value is -3.16. The highest BCUT2D eigenvalue weighted by molar-refractivity contribution is 5.82. The minimum Gasteiger partial charge on any atom is -0.338 e. The number of amides is 4. The van der Waals surface area contributed by atoms with E-state index in [1.54, 1.807) is 24.3 Å². The second-order valence-corrected chi connectivity index (χ2v) is 7.86. The van der Waals surface area contributed by atoms with Gasteiger partial charge >= 0.3 is 0 Å². The lowest BCUT2D eigenvalue weighted by atomic mass is 10.3. The van der Waals surface area contributed by atoms with E-state index in [0.29, 0.717) is 0 Å². The zero-order valence-corrected chi connectivity index (χ0v) is 21.9. The number of nitrogens with zero attached hydrogens (tertiary/aromatic N) is 2. The molecule has 0 rings (SSSR count). The van der Waals surface area contributed by atoms with Crippen molar-refractivity contribution in [2.75, 3.05) is 20.0 Å². The predicted molar refractivity (Wildman–Crippen MR) is 141 cm³/mol. The smallest absolute Gasteiger partial charge is 0.229 e. The standard InChI is InChI=1S/C27H44N4O4/c1-5-9-13-17-24(32)28-21-30(26(34)19-15-11-7-3)23-31(27(35)20-16-12-8-4)22-29-25(33)18-14-10-6-2/h9-16H,5-8,17-23H2,1-4H3,(H,28,32)(H,29,33)/b13-9-,14-10-,15-11-,16-12-. The van der Waals surface area contributed by atoms with Gasteiger partial charge in [-0.3, -0.25) is 19.2 Å². The van der Waals surface area contributed by atoms with E-state index in [9.17, 15) is 19.2 Å². The SMILES string of the molecule is CC/C=C\CC(=O)NCN(CN(CNC(=O)C/C=C\CC)C(=O)C/C=C\CC)C(=O)C/C=C\CC. The summed E-state index contributed by atoms with van der Waals surface area (Å²) in [7, 11) is 0. The van der Waals surface area contributed by atoms with E-state index in [1.165, 1.54) is 9.80 Å². The molecule has 0 aliphatic heterocycles. The number of carbonyl (C=O) groups is 4. The average Bonchev–Trinajstić information content (AvgIpc) is 2.84. The predicted octanol–water partition coefficient (Wildman–Crippen LogP) is 4.17. The fraction of sp³-hybridized carbons (Fsp3) is 0.556. The molecule has 0 unspecified atom stereocenters. The van der Waals surface area contributed by atoms with Crippen molar-refractivity contribution in [3.63, 3.8) is 0 Å². The van der Waals surface area contributed by atoms with E-state index >= 15 is 0 Å². The Morgan fingerprint density at radius 3 is 1.14 bits per heavy atom. The molecule has 8 nitrogen and oxygen atoms in total. The largest absolute Gasteiger partial charge is 0.338 e. The fourth-order valence-electron chi connectivity index (χ4n) is 2.83. The molecule has 0 aliphatic rings. The highest BCUT2D eigenvalue weighted by atomic mass is 16.2. The summed E-state index contributed by atoms with van der Waals surface area (Å²) in [5.74, 6) is -0.871. The first-order valence-electron chi connectivity index (χ1n) is 12.6. The second kappa shape index (κ2) is 21.4. The molecule has 196 valence electrons. The van der Waals surface area contributed by atoms with Gasteiger partial charge in [0.15, 0.2) is 0 Å². The zero-order chi connectivity index (χ0) is 26.3. The lowest BCUT2D eigenvalue weighted by molar-refractivity contribution is -0.140. The number of hydrogen-bond donors (Lipinski definition) is 2. The Balaban J connectivity index is 5.45. The van der Waals surface area contributed by atoms with Crippen molar-refractivity contribution in [1.29, 1.82) is 0 Å². The van der Waals surface area contributed by atoms with Crippen LogP contribution in [0.3, 0.4) is 0 Å². The lowest BCUT2D eigenvalue weighted by Gasteiger charge is -2.30. The molecule has 8 heteroatoms. The van der Waals surface area contributed by atoms with E-state index in [1.807, 2.05) is 52.0 Å².